The zero-order valence-electron chi connectivity index (χ0n) is 8.39. The van der Waals surface area contributed by atoms with Gasteiger partial charge in [-0.25, -0.2) is 0 Å². The molecule has 0 amide bonds. The quantitative estimate of drug-likeness (QED) is 0.680. The fourth-order valence-electron chi connectivity index (χ4n) is 2.01. The number of para-hydroxylation sites is 1. The first-order chi connectivity index (χ1) is 6.79. The summed E-state index contributed by atoms with van der Waals surface area (Å²) in [6.45, 7) is 1.51. The van der Waals surface area contributed by atoms with Crippen LogP contribution in [-0.4, -0.2) is 29.4 Å². The fraction of sp³-hybridized carbons (Fsp3) is 0.455. The molecule has 0 aliphatic carbocycles. The highest BCUT2D eigenvalue weighted by Gasteiger charge is 2.25. The van der Waals surface area contributed by atoms with Crippen molar-refractivity contribution in [3.63, 3.8) is 0 Å². The van der Waals surface area contributed by atoms with E-state index in [1.807, 2.05) is 12.1 Å². The lowest BCUT2D eigenvalue weighted by Gasteiger charge is -2.29. The molecule has 3 N–H and O–H groups in total. The van der Waals surface area contributed by atoms with Gasteiger partial charge in [0.05, 0.1) is 6.10 Å². The van der Waals surface area contributed by atoms with Crippen LogP contribution >= 0.6 is 12.4 Å². The Labute approximate surface area is 95.5 Å². The Morgan fingerprint density at radius 2 is 2.00 bits per heavy atom. The molecule has 1 fully saturated rings. The molecule has 1 saturated heterocycles. The van der Waals surface area contributed by atoms with Crippen molar-refractivity contribution in [2.45, 2.75) is 18.4 Å². The summed E-state index contributed by atoms with van der Waals surface area (Å²) in [4.78, 5) is 0. The van der Waals surface area contributed by atoms with Gasteiger partial charge in [-0.3, -0.25) is 0 Å². The number of phenols is 1. The van der Waals surface area contributed by atoms with Crippen molar-refractivity contribution in [3.05, 3.63) is 29.8 Å². The van der Waals surface area contributed by atoms with Crippen LogP contribution in [0.25, 0.3) is 0 Å². The minimum Gasteiger partial charge on any atom is -0.508 e. The predicted octanol–water partition coefficient (Wildman–Crippen LogP) is 1.25. The molecule has 0 aromatic heterocycles. The second-order valence-electron chi connectivity index (χ2n) is 3.73. The van der Waals surface area contributed by atoms with Crippen LogP contribution < -0.4 is 5.32 Å². The van der Waals surface area contributed by atoms with E-state index in [0.29, 0.717) is 12.3 Å². The lowest BCUT2D eigenvalue weighted by atomic mass is 9.87. The standard InChI is InChI=1S/C11H15NO2.ClH/c13-10-4-2-1-3-8(10)9-5-6-12-7-11(9)14;/h1-4,9,11-14H,5-7H2;1H. The van der Waals surface area contributed by atoms with E-state index in [4.69, 9.17) is 0 Å². The fourth-order valence-corrected chi connectivity index (χ4v) is 2.01. The molecule has 3 nitrogen and oxygen atoms in total. The van der Waals surface area contributed by atoms with Crippen LogP contribution in [0.2, 0.25) is 0 Å². The maximum absolute atomic E-state index is 9.77. The summed E-state index contributed by atoms with van der Waals surface area (Å²) in [5.74, 6) is 0.357. The number of piperidine rings is 1. The first-order valence-electron chi connectivity index (χ1n) is 4.95. The normalized spacial score (nSPS) is 25.7. The van der Waals surface area contributed by atoms with Crippen LogP contribution in [0.5, 0.6) is 5.75 Å². The average Bonchev–Trinajstić information content (AvgIpc) is 2.20. The topological polar surface area (TPSA) is 52.5 Å². The number of hydrogen-bond donors (Lipinski definition) is 3. The summed E-state index contributed by atoms with van der Waals surface area (Å²) >= 11 is 0. The maximum Gasteiger partial charge on any atom is 0.119 e. The van der Waals surface area contributed by atoms with Crippen molar-refractivity contribution in [2.24, 2.45) is 0 Å². The first-order valence-corrected chi connectivity index (χ1v) is 4.95. The number of nitrogens with one attached hydrogen (secondary N) is 1. The predicted molar refractivity (Wildman–Crippen MR) is 61.6 cm³/mol. The number of rotatable bonds is 1. The van der Waals surface area contributed by atoms with Crippen LogP contribution in [0.15, 0.2) is 24.3 Å². The van der Waals surface area contributed by atoms with E-state index in [1.165, 1.54) is 0 Å². The van der Waals surface area contributed by atoms with Crippen molar-refractivity contribution in [1.82, 2.24) is 5.32 Å². The summed E-state index contributed by atoms with van der Waals surface area (Å²) in [5, 5.41) is 22.5. The van der Waals surface area contributed by atoms with Crippen LogP contribution in [0, 0.1) is 0 Å². The molecular formula is C11H16ClNO2. The monoisotopic (exact) mass is 229 g/mol. The molecular weight excluding hydrogens is 214 g/mol. The van der Waals surface area contributed by atoms with Gasteiger partial charge in [-0.2, -0.15) is 0 Å². The number of aliphatic hydroxyl groups excluding tert-OH is 1. The molecule has 1 aromatic carbocycles. The van der Waals surface area contributed by atoms with Crippen LogP contribution in [0.3, 0.4) is 0 Å². The summed E-state index contributed by atoms with van der Waals surface area (Å²) in [6, 6.07) is 7.24. The van der Waals surface area contributed by atoms with E-state index in [-0.39, 0.29) is 18.3 Å². The number of aromatic hydroxyl groups is 1. The number of hydrogen-bond acceptors (Lipinski definition) is 3. The SMILES string of the molecule is Cl.Oc1ccccc1C1CCNCC1O. The lowest BCUT2D eigenvalue weighted by Crippen LogP contribution is -2.39. The van der Waals surface area contributed by atoms with Crippen molar-refractivity contribution >= 4 is 12.4 Å². The molecule has 2 atom stereocenters. The number of benzene rings is 1. The molecule has 1 aliphatic heterocycles. The van der Waals surface area contributed by atoms with E-state index in [0.717, 1.165) is 18.5 Å². The Morgan fingerprint density at radius 3 is 2.67 bits per heavy atom. The molecule has 1 heterocycles. The van der Waals surface area contributed by atoms with Gasteiger partial charge in [-0.1, -0.05) is 18.2 Å². The molecule has 4 heteroatoms. The summed E-state index contributed by atoms with van der Waals surface area (Å²) in [7, 11) is 0. The van der Waals surface area contributed by atoms with Crippen molar-refractivity contribution in [3.8, 4) is 5.75 Å². The minimum absolute atomic E-state index is 0. The van der Waals surface area contributed by atoms with E-state index >= 15 is 0 Å². The van der Waals surface area contributed by atoms with Gasteiger partial charge in [0.15, 0.2) is 0 Å². The van der Waals surface area contributed by atoms with E-state index in [9.17, 15) is 10.2 Å². The van der Waals surface area contributed by atoms with Gasteiger partial charge >= 0.3 is 0 Å². The third-order valence-corrected chi connectivity index (χ3v) is 2.79. The number of β-amino-alcohol motifs (C(OH)–C–C–N with tert-alkyl or cyclic N) is 1. The summed E-state index contributed by atoms with van der Waals surface area (Å²) in [5.41, 5.74) is 0.863. The highest BCUT2D eigenvalue weighted by atomic mass is 35.5. The average molecular weight is 230 g/mol. The molecule has 2 unspecified atom stereocenters. The van der Waals surface area contributed by atoms with Crippen molar-refractivity contribution in [2.75, 3.05) is 13.1 Å². The van der Waals surface area contributed by atoms with Gasteiger partial charge in [-0.15, -0.1) is 12.4 Å². The smallest absolute Gasteiger partial charge is 0.119 e. The van der Waals surface area contributed by atoms with E-state index < -0.39 is 6.10 Å². The molecule has 1 aromatic rings. The van der Waals surface area contributed by atoms with Crippen LogP contribution in [0.1, 0.15) is 17.9 Å². The molecule has 0 saturated carbocycles. The third kappa shape index (κ3) is 2.62. The molecule has 0 radical (unpaired) electrons. The second-order valence-corrected chi connectivity index (χ2v) is 3.73. The summed E-state index contributed by atoms with van der Waals surface area (Å²) in [6.07, 6.45) is 0.482. The van der Waals surface area contributed by atoms with Crippen molar-refractivity contribution in [1.29, 1.82) is 0 Å². The van der Waals surface area contributed by atoms with Crippen LogP contribution in [0.4, 0.5) is 0 Å². The minimum atomic E-state index is -0.392. The molecule has 1 aliphatic rings. The number of phenolic OH excluding ortho intramolecular Hbond substituents is 1. The van der Waals surface area contributed by atoms with Gasteiger partial charge in [0, 0.05) is 12.5 Å². The third-order valence-electron chi connectivity index (χ3n) is 2.79. The first kappa shape index (κ1) is 12.3. The lowest BCUT2D eigenvalue weighted by molar-refractivity contribution is 0.117. The largest absolute Gasteiger partial charge is 0.508 e. The Hall–Kier alpha value is -0.770. The number of aliphatic hydroxyl groups is 1. The highest BCUT2D eigenvalue weighted by Crippen LogP contribution is 2.31. The van der Waals surface area contributed by atoms with Gasteiger partial charge in [-0.05, 0) is 24.6 Å². The molecule has 15 heavy (non-hydrogen) atoms. The van der Waals surface area contributed by atoms with Gasteiger partial charge in [0.1, 0.15) is 5.75 Å². The highest BCUT2D eigenvalue weighted by molar-refractivity contribution is 5.85. The van der Waals surface area contributed by atoms with Gasteiger partial charge < -0.3 is 15.5 Å². The van der Waals surface area contributed by atoms with E-state index in [2.05, 4.69) is 5.32 Å². The number of halogens is 1. The van der Waals surface area contributed by atoms with Gasteiger partial charge in [0.25, 0.3) is 0 Å². The molecule has 0 spiro atoms. The zero-order valence-corrected chi connectivity index (χ0v) is 9.20. The molecule has 84 valence electrons. The Balaban J connectivity index is 0.00000112. The zero-order chi connectivity index (χ0) is 9.97. The Morgan fingerprint density at radius 1 is 1.27 bits per heavy atom. The Kier molecular flexibility index (Phi) is 4.39. The maximum atomic E-state index is 9.77. The van der Waals surface area contributed by atoms with Gasteiger partial charge in [0.2, 0.25) is 0 Å². The molecule has 2 rings (SSSR count). The van der Waals surface area contributed by atoms with E-state index in [1.54, 1.807) is 12.1 Å². The van der Waals surface area contributed by atoms with Crippen LogP contribution in [-0.2, 0) is 0 Å². The summed E-state index contributed by atoms with van der Waals surface area (Å²) < 4.78 is 0. The van der Waals surface area contributed by atoms with Crippen molar-refractivity contribution < 1.29 is 10.2 Å². The Bertz CT molecular complexity index is 319. The second kappa shape index (κ2) is 5.35. The molecule has 0 bridgehead atoms.